The van der Waals surface area contributed by atoms with Crippen LogP contribution in [0.2, 0.25) is 0 Å². The second-order valence-electron chi connectivity index (χ2n) is 4.68. The molecule has 0 aromatic heterocycles. The number of nitrogens with two attached hydrogens (primary N) is 1. The first-order valence-electron chi connectivity index (χ1n) is 5.96. The summed E-state index contributed by atoms with van der Waals surface area (Å²) in [6.07, 6.45) is -4.63. The first-order valence-corrected chi connectivity index (χ1v) is 5.96. The Balaban J connectivity index is 1.93. The minimum atomic E-state index is -3.69. The predicted octanol–water partition coefficient (Wildman–Crippen LogP) is -2.33. The summed E-state index contributed by atoms with van der Waals surface area (Å²) in [6.45, 7) is -0.781. The highest BCUT2D eigenvalue weighted by Crippen LogP contribution is 2.39. The molecule has 4 atom stereocenters. The molecule has 3 aliphatic rings. The number of aliphatic hydroxyl groups excluding tert-OH is 2. The monoisotopic (exact) mass is 303 g/mol. The minimum absolute atomic E-state index is 0.150. The molecule has 2 unspecified atom stereocenters. The fraction of sp³-hybridized carbons (Fsp3) is 0.600. The van der Waals surface area contributed by atoms with Gasteiger partial charge in [0.1, 0.15) is 6.10 Å². The molecular weight excluding hydrogens is 292 g/mol. The molecule has 1 fully saturated rings. The molecule has 3 aliphatic heterocycles. The highest BCUT2D eigenvalue weighted by atomic mass is 19.3. The maximum absolute atomic E-state index is 14.1. The molecule has 0 aliphatic carbocycles. The molecular formula is C10H11F2N5O4. The van der Waals surface area contributed by atoms with Gasteiger partial charge in [0, 0.05) is 0 Å². The molecule has 1 amide bonds. The molecule has 0 spiro atoms. The number of hydrogen-bond acceptors (Lipinski definition) is 8. The van der Waals surface area contributed by atoms with E-state index in [4.69, 9.17) is 15.6 Å². The van der Waals surface area contributed by atoms with Gasteiger partial charge in [0.05, 0.1) is 12.9 Å². The number of hydrogen-bond donors (Lipinski definition) is 3. The van der Waals surface area contributed by atoms with Crippen molar-refractivity contribution >= 4 is 24.0 Å². The van der Waals surface area contributed by atoms with E-state index in [0.29, 0.717) is 0 Å². The number of fused-ring (bicyclic) bond motifs is 1. The van der Waals surface area contributed by atoms with E-state index in [1.165, 1.54) is 0 Å². The second kappa shape index (κ2) is 4.51. The van der Waals surface area contributed by atoms with Crippen molar-refractivity contribution < 1.29 is 28.5 Å². The van der Waals surface area contributed by atoms with E-state index >= 15 is 0 Å². The van der Waals surface area contributed by atoms with Gasteiger partial charge in [-0.05, 0) is 0 Å². The number of halogens is 2. The van der Waals surface area contributed by atoms with Gasteiger partial charge in [-0.3, -0.25) is 14.7 Å². The topological polar surface area (TPSA) is 133 Å². The normalized spacial score (nSPS) is 37.5. The van der Waals surface area contributed by atoms with Crippen LogP contribution in [-0.4, -0.2) is 76.2 Å². The van der Waals surface area contributed by atoms with Crippen molar-refractivity contribution in [1.82, 2.24) is 4.90 Å². The van der Waals surface area contributed by atoms with Crippen molar-refractivity contribution in [2.45, 2.75) is 30.4 Å². The summed E-state index contributed by atoms with van der Waals surface area (Å²) in [5, 5.41) is 18.4. The number of alkyl halides is 2. The third-order valence-corrected chi connectivity index (χ3v) is 3.35. The summed E-state index contributed by atoms with van der Waals surface area (Å²) in [5.74, 6) is -4.94. The zero-order valence-corrected chi connectivity index (χ0v) is 10.4. The lowest BCUT2D eigenvalue weighted by molar-refractivity contribution is -0.136. The lowest BCUT2D eigenvalue weighted by atomic mass is 10.1. The van der Waals surface area contributed by atoms with Crippen LogP contribution in [0.3, 0.4) is 0 Å². The van der Waals surface area contributed by atoms with Crippen LogP contribution in [0.4, 0.5) is 8.78 Å². The van der Waals surface area contributed by atoms with E-state index in [1.54, 1.807) is 0 Å². The van der Waals surface area contributed by atoms with Crippen LogP contribution in [0.1, 0.15) is 0 Å². The Hall–Kier alpha value is -1.98. The quantitative estimate of drug-likeness (QED) is 0.524. The molecule has 3 rings (SSSR count). The van der Waals surface area contributed by atoms with Crippen molar-refractivity contribution in [2.75, 3.05) is 6.61 Å². The van der Waals surface area contributed by atoms with Gasteiger partial charge in [0.2, 0.25) is 12.2 Å². The van der Waals surface area contributed by atoms with Crippen LogP contribution in [0, 0.1) is 0 Å². The summed E-state index contributed by atoms with van der Waals surface area (Å²) in [7, 11) is 0. The molecule has 0 saturated carbocycles. The van der Waals surface area contributed by atoms with Gasteiger partial charge in [-0.25, -0.2) is 0 Å². The first-order chi connectivity index (χ1) is 9.86. The Morgan fingerprint density at radius 3 is 2.81 bits per heavy atom. The van der Waals surface area contributed by atoms with Gasteiger partial charge in [-0.15, -0.1) is 0 Å². The van der Waals surface area contributed by atoms with Crippen LogP contribution in [0.5, 0.6) is 0 Å². The summed E-state index contributed by atoms with van der Waals surface area (Å²) in [5.41, 5.74) is 5.33. The van der Waals surface area contributed by atoms with Gasteiger partial charge in [0.15, 0.2) is 18.0 Å². The highest BCUT2D eigenvalue weighted by molar-refractivity contribution is 6.21. The van der Waals surface area contributed by atoms with E-state index < -0.39 is 42.9 Å². The van der Waals surface area contributed by atoms with Crippen LogP contribution in [0.25, 0.3) is 0 Å². The van der Waals surface area contributed by atoms with Gasteiger partial charge < -0.3 is 20.7 Å². The van der Waals surface area contributed by atoms with Gasteiger partial charge >= 0.3 is 5.92 Å². The zero-order chi connectivity index (χ0) is 15.4. The molecule has 9 nitrogen and oxygen atoms in total. The molecule has 0 bridgehead atoms. The zero-order valence-electron chi connectivity index (χ0n) is 10.4. The van der Waals surface area contributed by atoms with Crippen LogP contribution in [-0.2, 0) is 9.53 Å². The maximum Gasteiger partial charge on any atom is 0.320 e. The van der Waals surface area contributed by atoms with E-state index in [9.17, 15) is 18.7 Å². The van der Waals surface area contributed by atoms with Crippen molar-refractivity contribution in [3.05, 3.63) is 0 Å². The third kappa shape index (κ3) is 1.92. The van der Waals surface area contributed by atoms with E-state index in [1.807, 2.05) is 0 Å². The summed E-state index contributed by atoms with van der Waals surface area (Å²) in [4.78, 5) is 23.3. The molecule has 1 saturated heterocycles. The Kier molecular flexibility index (Phi) is 3.00. The summed E-state index contributed by atoms with van der Waals surface area (Å²) >= 11 is 0. The van der Waals surface area contributed by atoms with Crippen molar-refractivity contribution in [3.63, 3.8) is 0 Å². The number of nitrogens with zero attached hydrogens (tertiary/aromatic N) is 4. The number of carbonyl (C=O) groups is 1. The molecule has 21 heavy (non-hydrogen) atoms. The lowest BCUT2D eigenvalue weighted by Gasteiger charge is -2.29. The largest absolute Gasteiger partial charge is 0.394 e. The Labute approximate surface area is 116 Å². The van der Waals surface area contributed by atoms with E-state index in [0.717, 1.165) is 11.2 Å². The summed E-state index contributed by atoms with van der Waals surface area (Å²) in [6, 6.07) is -1.15. The number of amidine groups is 1. The van der Waals surface area contributed by atoms with Gasteiger partial charge in [0.25, 0.3) is 5.91 Å². The SMILES string of the molecule is NC1=NC(=O)C2N=CN(C3O[C@H](CO)[C@@H](O)C3(F)F)C2=N1. The fourth-order valence-electron chi connectivity index (χ4n) is 2.31. The van der Waals surface area contributed by atoms with Crippen LogP contribution < -0.4 is 5.73 Å². The number of aliphatic hydroxyl groups is 2. The molecule has 4 N–H and O–H groups in total. The average molecular weight is 303 g/mol. The van der Waals surface area contributed by atoms with Crippen LogP contribution in [0.15, 0.2) is 15.0 Å². The Bertz CT molecular complexity index is 578. The second-order valence-corrected chi connectivity index (χ2v) is 4.68. The number of guanidine groups is 1. The smallest absolute Gasteiger partial charge is 0.320 e. The van der Waals surface area contributed by atoms with E-state index in [2.05, 4.69) is 15.0 Å². The predicted molar refractivity (Wildman–Crippen MR) is 64.9 cm³/mol. The van der Waals surface area contributed by atoms with Gasteiger partial charge in [-0.2, -0.15) is 18.8 Å². The Morgan fingerprint density at radius 2 is 2.19 bits per heavy atom. The van der Waals surface area contributed by atoms with Crippen molar-refractivity contribution in [1.29, 1.82) is 0 Å². The molecule has 3 heterocycles. The Morgan fingerprint density at radius 1 is 1.48 bits per heavy atom. The van der Waals surface area contributed by atoms with E-state index in [-0.39, 0.29) is 11.8 Å². The molecule has 0 radical (unpaired) electrons. The third-order valence-electron chi connectivity index (χ3n) is 3.35. The average Bonchev–Trinajstić information content (AvgIpc) is 2.91. The number of ether oxygens (including phenoxy) is 1. The summed E-state index contributed by atoms with van der Waals surface area (Å²) < 4.78 is 33.1. The lowest BCUT2D eigenvalue weighted by Crippen LogP contribution is -2.52. The maximum atomic E-state index is 14.1. The number of carbonyl (C=O) groups excluding carboxylic acids is 1. The minimum Gasteiger partial charge on any atom is -0.394 e. The molecule has 114 valence electrons. The van der Waals surface area contributed by atoms with Crippen LogP contribution >= 0.6 is 0 Å². The number of amides is 1. The molecule has 0 aromatic carbocycles. The molecule has 11 heteroatoms. The number of aliphatic imine (C=N–C) groups is 3. The standard InChI is InChI=1S/C10H11F2N5O4/c11-10(12)5(19)3(1-18)21-8(10)17-2-14-4-6(17)15-9(13)16-7(4)20/h2-5,8,18-19H,1H2,(H2,13,16,20)/t3-,4?,5-,8?/m1/s1. The number of rotatable bonds is 2. The van der Waals surface area contributed by atoms with Crippen molar-refractivity contribution in [3.8, 4) is 0 Å². The van der Waals surface area contributed by atoms with Crippen molar-refractivity contribution in [2.24, 2.45) is 20.7 Å². The first kappa shape index (κ1) is 14.0. The van der Waals surface area contributed by atoms with Gasteiger partial charge in [-0.1, -0.05) is 0 Å². The molecule has 0 aromatic rings. The fourth-order valence-corrected chi connectivity index (χ4v) is 2.31. The highest BCUT2D eigenvalue weighted by Gasteiger charge is 2.62.